The van der Waals surface area contributed by atoms with E-state index in [-0.39, 0.29) is 0 Å². The van der Waals surface area contributed by atoms with E-state index < -0.39 is 5.91 Å². The van der Waals surface area contributed by atoms with Crippen LogP contribution in [0.1, 0.15) is 6.92 Å². The Balaban J connectivity index is 2.95. The van der Waals surface area contributed by atoms with Gasteiger partial charge in [-0.3, -0.25) is 4.79 Å². The summed E-state index contributed by atoms with van der Waals surface area (Å²) in [5.41, 5.74) is 0.486. The topological polar surface area (TPSA) is 49.7 Å². The van der Waals surface area contributed by atoms with E-state index in [1.54, 1.807) is 30.3 Å². The summed E-state index contributed by atoms with van der Waals surface area (Å²) in [6.07, 6.45) is 0. The highest BCUT2D eigenvalue weighted by Crippen LogP contribution is 2.12. The monoisotopic (exact) mass is 164 g/mol. The Labute approximate surface area is 69.7 Å². The smallest absolute Gasteiger partial charge is 0.246 e. The van der Waals surface area contributed by atoms with Gasteiger partial charge >= 0.3 is 0 Å². The summed E-state index contributed by atoms with van der Waals surface area (Å²) in [5, 5.41) is 3.40. The third-order valence-electron chi connectivity index (χ3n) is 1.38. The van der Waals surface area contributed by atoms with Crippen LogP contribution in [0.3, 0.4) is 0 Å². The predicted molar refractivity (Wildman–Crippen MR) is 45.4 cm³/mol. The van der Waals surface area contributed by atoms with Crippen LogP contribution in [0.5, 0.6) is 0 Å². The largest absolute Gasteiger partial charge is 0.273 e. The van der Waals surface area contributed by atoms with Crippen molar-refractivity contribution in [1.82, 2.24) is 0 Å². The molecule has 12 heavy (non-hydrogen) atoms. The molecular formula is C8H8N2O2. The second-order valence-electron chi connectivity index (χ2n) is 2.25. The molecule has 62 valence electrons. The Morgan fingerprint density at radius 1 is 1.33 bits per heavy atom. The lowest BCUT2D eigenvalue weighted by Gasteiger charge is -2.09. The van der Waals surface area contributed by atoms with E-state index in [0.717, 1.165) is 5.01 Å². The maximum atomic E-state index is 10.8. The summed E-state index contributed by atoms with van der Waals surface area (Å²) in [6.45, 7) is 1.29. The number of rotatable bonds is 2. The molecule has 0 unspecified atom stereocenters. The van der Waals surface area contributed by atoms with Crippen LogP contribution in [0.2, 0.25) is 0 Å². The molecule has 1 aromatic rings. The van der Waals surface area contributed by atoms with E-state index in [2.05, 4.69) is 5.29 Å². The van der Waals surface area contributed by atoms with Gasteiger partial charge in [0.05, 0.1) is 11.0 Å². The van der Waals surface area contributed by atoms with Crippen LogP contribution >= 0.6 is 0 Å². The van der Waals surface area contributed by atoms with Gasteiger partial charge < -0.3 is 0 Å². The lowest BCUT2D eigenvalue weighted by molar-refractivity contribution is -0.116. The Kier molecular flexibility index (Phi) is 2.53. The van der Waals surface area contributed by atoms with Gasteiger partial charge in [0.1, 0.15) is 0 Å². The summed E-state index contributed by atoms with van der Waals surface area (Å²) >= 11 is 0. The minimum atomic E-state index is -0.392. The van der Waals surface area contributed by atoms with E-state index in [1.807, 2.05) is 0 Å². The number of carbonyl (C=O) groups is 1. The fourth-order valence-corrected chi connectivity index (χ4v) is 0.856. The van der Waals surface area contributed by atoms with Gasteiger partial charge in [-0.15, -0.1) is 4.91 Å². The lowest BCUT2D eigenvalue weighted by Crippen LogP contribution is -2.20. The molecule has 0 aromatic heterocycles. The van der Waals surface area contributed by atoms with Gasteiger partial charge in [0.25, 0.3) is 0 Å². The Hall–Kier alpha value is -1.71. The molecule has 0 radical (unpaired) electrons. The van der Waals surface area contributed by atoms with Gasteiger partial charge in [-0.05, 0) is 12.1 Å². The minimum absolute atomic E-state index is 0.392. The van der Waals surface area contributed by atoms with Crippen molar-refractivity contribution in [2.75, 3.05) is 5.01 Å². The normalized spacial score (nSPS) is 9.08. The molecule has 0 bridgehead atoms. The van der Waals surface area contributed by atoms with E-state index in [0.29, 0.717) is 5.69 Å². The maximum absolute atomic E-state index is 10.8. The SMILES string of the molecule is CC(=O)N(N=O)c1ccccc1. The number of carbonyl (C=O) groups excluding carboxylic acids is 1. The van der Waals surface area contributed by atoms with Gasteiger partial charge in [0.2, 0.25) is 5.91 Å². The highest BCUT2D eigenvalue weighted by Gasteiger charge is 2.09. The van der Waals surface area contributed by atoms with Crippen LogP contribution in [0.4, 0.5) is 5.69 Å². The first kappa shape index (κ1) is 8.39. The molecule has 0 fully saturated rings. The van der Waals surface area contributed by atoms with Crippen LogP contribution in [0.15, 0.2) is 35.6 Å². The molecule has 0 N–H and O–H groups in total. The van der Waals surface area contributed by atoms with Crippen molar-refractivity contribution in [1.29, 1.82) is 0 Å². The average molecular weight is 164 g/mol. The van der Waals surface area contributed by atoms with Crippen molar-refractivity contribution < 1.29 is 4.79 Å². The third-order valence-corrected chi connectivity index (χ3v) is 1.38. The highest BCUT2D eigenvalue weighted by atomic mass is 16.3. The van der Waals surface area contributed by atoms with Crippen LogP contribution in [-0.4, -0.2) is 5.91 Å². The predicted octanol–water partition coefficient (Wildman–Crippen LogP) is 1.72. The summed E-state index contributed by atoms with van der Waals surface area (Å²) in [7, 11) is 0. The zero-order valence-electron chi connectivity index (χ0n) is 6.60. The second kappa shape index (κ2) is 3.61. The maximum Gasteiger partial charge on any atom is 0.246 e. The van der Waals surface area contributed by atoms with Crippen LogP contribution in [-0.2, 0) is 4.79 Å². The van der Waals surface area contributed by atoms with Gasteiger partial charge in [-0.2, -0.15) is 5.01 Å². The Morgan fingerprint density at radius 2 is 1.92 bits per heavy atom. The first-order chi connectivity index (χ1) is 5.75. The average Bonchev–Trinajstić information content (AvgIpc) is 2.07. The molecule has 4 nitrogen and oxygen atoms in total. The summed E-state index contributed by atoms with van der Waals surface area (Å²) in [6, 6.07) is 8.55. The molecular weight excluding hydrogens is 156 g/mol. The third kappa shape index (κ3) is 1.66. The number of hydrogen-bond donors (Lipinski definition) is 0. The number of amides is 1. The van der Waals surface area contributed by atoms with Crippen molar-refractivity contribution in [2.45, 2.75) is 6.92 Å². The zero-order valence-corrected chi connectivity index (χ0v) is 6.60. The molecule has 1 aromatic carbocycles. The summed E-state index contributed by atoms with van der Waals surface area (Å²) in [5.74, 6) is -0.392. The van der Waals surface area contributed by atoms with Gasteiger partial charge in [0.15, 0.2) is 0 Å². The van der Waals surface area contributed by atoms with E-state index in [1.165, 1.54) is 6.92 Å². The van der Waals surface area contributed by atoms with Crippen LogP contribution in [0.25, 0.3) is 0 Å². The number of anilines is 1. The molecule has 0 spiro atoms. The molecule has 1 amide bonds. The molecule has 0 heterocycles. The summed E-state index contributed by atoms with van der Waals surface area (Å²) in [4.78, 5) is 21.0. The molecule has 0 saturated heterocycles. The Morgan fingerprint density at radius 3 is 2.33 bits per heavy atom. The first-order valence-corrected chi connectivity index (χ1v) is 3.44. The van der Waals surface area contributed by atoms with E-state index >= 15 is 0 Å². The highest BCUT2D eigenvalue weighted by molar-refractivity contribution is 5.90. The standard InChI is InChI=1S/C8H8N2O2/c1-7(11)10(9-12)8-5-3-2-4-6-8/h2-6H,1H3. The molecule has 1 rings (SSSR count). The molecule has 0 atom stereocenters. The number of hydrogen-bond acceptors (Lipinski definition) is 3. The molecule has 0 aliphatic heterocycles. The molecule has 4 heteroatoms. The fourth-order valence-electron chi connectivity index (χ4n) is 0.856. The number of benzene rings is 1. The number of nitrogens with zero attached hydrogens (tertiary/aromatic N) is 2. The quantitative estimate of drug-likeness (QED) is 0.493. The lowest BCUT2D eigenvalue weighted by atomic mass is 10.3. The van der Waals surface area contributed by atoms with Gasteiger partial charge in [-0.1, -0.05) is 18.2 Å². The van der Waals surface area contributed by atoms with Crippen molar-refractivity contribution in [3.8, 4) is 0 Å². The number of nitroso groups, excluding NO2 is 1. The van der Waals surface area contributed by atoms with Crippen LogP contribution in [0, 0.1) is 4.91 Å². The molecule has 0 aliphatic carbocycles. The van der Waals surface area contributed by atoms with Crippen molar-refractivity contribution in [2.24, 2.45) is 5.29 Å². The van der Waals surface area contributed by atoms with Crippen LogP contribution < -0.4 is 5.01 Å². The van der Waals surface area contributed by atoms with Crippen molar-refractivity contribution in [3.63, 3.8) is 0 Å². The van der Waals surface area contributed by atoms with E-state index in [9.17, 15) is 9.70 Å². The Bertz CT molecular complexity index is 284. The zero-order chi connectivity index (χ0) is 8.97. The minimum Gasteiger partial charge on any atom is -0.273 e. The van der Waals surface area contributed by atoms with Gasteiger partial charge in [-0.25, -0.2) is 0 Å². The van der Waals surface area contributed by atoms with Crippen molar-refractivity contribution in [3.05, 3.63) is 35.2 Å². The second-order valence-corrected chi connectivity index (χ2v) is 2.25. The number of para-hydroxylation sites is 1. The first-order valence-electron chi connectivity index (χ1n) is 3.44. The van der Waals surface area contributed by atoms with E-state index in [4.69, 9.17) is 0 Å². The fraction of sp³-hybridized carbons (Fsp3) is 0.125. The van der Waals surface area contributed by atoms with Crippen molar-refractivity contribution >= 4 is 11.6 Å². The molecule has 0 saturated carbocycles. The van der Waals surface area contributed by atoms with Gasteiger partial charge in [0, 0.05) is 6.92 Å². The molecule has 0 aliphatic rings. The summed E-state index contributed by atoms with van der Waals surface area (Å²) < 4.78 is 0.